The fourth-order valence-electron chi connectivity index (χ4n) is 3.04. The fraction of sp³-hybridized carbons (Fsp3) is 0.562. The first kappa shape index (κ1) is 18.2. The normalized spacial score (nSPS) is 21.1. The fourth-order valence-corrected chi connectivity index (χ4v) is 4.59. The van der Waals surface area contributed by atoms with Crippen LogP contribution in [0.25, 0.3) is 0 Å². The zero-order chi connectivity index (χ0) is 18.2. The molecule has 2 fully saturated rings. The summed E-state index contributed by atoms with van der Waals surface area (Å²) < 4.78 is 53.9. The Morgan fingerprint density at radius 1 is 1.24 bits per heavy atom. The topological polar surface area (TPSA) is 70.9 Å². The van der Waals surface area contributed by atoms with Crippen LogP contribution in [0.15, 0.2) is 23.1 Å². The van der Waals surface area contributed by atoms with Crippen LogP contribution in [0.5, 0.6) is 0 Å². The molecular weight excluding hydrogens is 352 g/mol. The predicted octanol–water partition coefficient (Wildman–Crippen LogP) is -0.479. The molecule has 1 saturated carbocycles. The first-order chi connectivity index (χ1) is 11.8. The summed E-state index contributed by atoms with van der Waals surface area (Å²) in [6.45, 7) is 2.87. The molecule has 1 aromatic rings. The van der Waals surface area contributed by atoms with E-state index in [2.05, 4.69) is 5.32 Å². The molecule has 2 N–H and O–H groups in total. The molecule has 0 spiro atoms. The Hall–Kier alpha value is -1.58. The summed E-state index contributed by atoms with van der Waals surface area (Å²) in [5.41, 5.74) is 0. The zero-order valence-corrected chi connectivity index (χ0v) is 14.8. The second-order valence-corrected chi connectivity index (χ2v) is 8.49. The van der Waals surface area contributed by atoms with E-state index in [1.807, 2.05) is 6.92 Å². The van der Waals surface area contributed by atoms with Crippen molar-refractivity contribution in [3.8, 4) is 0 Å². The number of nitrogens with one attached hydrogen (secondary N) is 2. The van der Waals surface area contributed by atoms with Gasteiger partial charge in [0.2, 0.25) is 10.0 Å². The lowest BCUT2D eigenvalue weighted by Gasteiger charge is -2.34. The van der Waals surface area contributed by atoms with Gasteiger partial charge in [0.25, 0.3) is 5.91 Å². The van der Waals surface area contributed by atoms with E-state index in [4.69, 9.17) is 0 Å². The van der Waals surface area contributed by atoms with Gasteiger partial charge < -0.3 is 10.2 Å². The molecule has 0 unspecified atom stereocenters. The van der Waals surface area contributed by atoms with Crippen molar-refractivity contribution < 1.29 is 26.9 Å². The summed E-state index contributed by atoms with van der Waals surface area (Å²) >= 11 is 0. The van der Waals surface area contributed by atoms with Crippen LogP contribution in [-0.2, 0) is 14.8 Å². The number of hydrogen-bond acceptors (Lipinski definition) is 3. The Balaban J connectivity index is 1.66. The maximum absolute atomic E-state index is 13.8. The van der Waals surface area contributed by atoms with Gasteiger partial charge in [-0.25, -0.2) is 17.2 Å². The maximum Gasteiger partial charge on any atom is 0.278 e. The Bertz CT molecular complexity index is 740. The lowest BCUT2D eigenvalue weighted by molar-refractivity contribution is -0.917. The highest BCUT2D eigenvalue weighted by atomic mass is 32.2. The highest BCUT2D eigenvalue weighted by Crippen LogP contribution is 2.22. The van der Waals surface area contributed by atoms with Gasteiger partial charge in [-0.3, -0.25) is 4.79 Å². The van der Waals surface area contributed by atoms with Gasteiger partial charge in [0.15, 0.2) is 10.9 Å². The molecule has 1 aromatic carbocycles. The van der Waals surface area contributed by atoms with E-state index in [1.165, 1.54) is 0 Å². The van der Waals surface area contributed by atoms with Gasteiger partial charge in [-0.1, -0.05) is 6.07 Å². The van der Waals surface area contributed by atoms with E-state index in [-0.39, 0.29) is 31.1 Å². The summed E-state index contributed by atoms with van der Waals surface area (Å²) in [5, 5.41) is 2.94. The molecule has 6 nitrogen and oxygen atoms in total. The minimum absolute atomic E-state index is 0.0334. The van der Waals surface area contributed by atoms with Gasteiger partial charge in [0.1, 0.15) is 11.6 Å². The zero-order valence-electron chi connectivity index (χ0n) is 14.0. The highest BCUT2D eigenvalue weighted by Gasteiger charge is 2.37. The van der Waals surface area contributed by atoms with Gasteiger partial charge in [-0.15, -0.1) is 0 Å². The van der Waals surface area contributed by atoms with E-state index in [0.717, 1.165) is 40.2 Å². The standard InChI is InChI=1S/C16H21F2N3O3S/c1-11(16(22)19-12-5-6-12)20-7-9-21(10-8-20)25(23,24)15-13(17)3-2-4-14(15)18/h2-4,11-12H,5-10H2,1H3,(H,19,22)/p+1/t11-/m0/s1. The number of quaternary nitrogens is 1. The van der Waals surface area contributed by atoms with Crippen LogP contribution in [0.1, 0.15) is 19.8 Å². The van der Waals surface area contributed by atoms with Crippen molar-refractivity contribution >= 4 is 15.9 Å². The third-order valence-electron chi connectivity index (χ3n) is 4.81. The quantitative estimate of drug-likeness (QED) is 0.732. The van der Waals surface area contributed by atoms with Crippen molar-refractivity contribution in [1.29, 1.82) is 0 Å². The van der Waals surface area contributed by atoms with Crippen molar-refractivity contribution in [2.75, 3.05) is 26.2 Å². The largest absolute Gasteiger partial charge is 0.348 e. The van der Waals surface area contributed by atoms with Crippen molar-refractivity contribution in [1.82, 2.24) is 9.62 Å². The number of amides is 1. The Kier molecular flexibility index (Phi) is 5.08. The van der Waals surface area contributed by atoms with E-state index < -0.39 is 26.6 Å². The molecule has 1 aliphatic heterocycles. The Morgan fingerprint density at radius 3 is 2.32 bits per heavy atom. The molecule has 138 valence electrons. The number of halogens is 2. The van der Waals surface area contributed by atoms with Crippen LogP contribution in [0.2, 0.25) is 0 Å². The molecule has 25 heavy (non-hydrogen) atoms. The van der Waals surface area contributed by atoms with Crippen LogP contribution in [0.4, 0.5) is 8.78 Å². The lowest BCUT2D eigenvalue weighted by Crippen LogP contribution is -3.19. The van der Waals surface area contributed by atoms with Gasteiger partial charge in [-0.2, -0.15) is 4.31 Å². The van der Waals surface area contributed by atoms with E-state index in [0.29, 0.717) is 13.1 Å². The second kappa shape index (κ2) is 6.97. The minimum Gasteiger partial charge on any atom is -0.348 e. The number of carbonyl (C=O) groups excluding carboxylic acids is 1. The average Bonchev–Trinajstić information content (AvgIpc) is 3.38. The number of carbonyl (C=O) groups is 1. The first-order valence-electron chi connectivity index (χ1n) is 8.40. The summed E-state index contributed by atoms with van der Waals surface area (Å²) in [5.74, 6) is -2.21. The third-order valence-corrected chi connectivity index (χ3v) is 6.76. The average molecular weight is 374 g/mol. The molecule has 1 aliphatic carbocycles. The SMILES string of the molecule is C[C@@H](C(=O)NC1CC1)[NH+]1CCN(S(=O)(=O)c2c(F)cccc2F)CC1. The van der Waals surface area contributed by atoms with Gasteiger partial charge in [0, 0.05) is 6.04 Å². The summed E-state index contributed by atoms with van der Waals surface area (Å²) in [6, 6.07) is 2.99. The van der Waals surface area contributed by atoms with Gasteiger partial charge in [0.05, 0.1) is 26.2 Å². The van der Waals surface area contributed by atoms with Gasteiger partial charge >= 0.3 is 0 Å². The maximum atomic E-state index is 13.8. The van der Waals surface area contributed by atoms with Crippen molar-refractivity contribution in [2.45, 2.75) is 36.7 Å². The number of benzene rings is 1. The molecule has 0 aromatic heterocycles. The van der Waals surface area contributed by atoms with E-state index in [1.54, 1.807) is 0 Å². The third kappa shape index (κ3) is 3.83. The van der Waals surface area contributed by atoms with Crippen LogP contribution in [0, 0.1) is 11.6 Å². The van der Waals surface area contributed by atoms with E-state index in [9.17, 15) is 22.0 Å². The molecule has 3 rings (SSSR count). The first-order valence-corrected chi connectivity index (χ1v) is 9.84. The molecule has 1 amide bonds. The van der Waals surface area contributed by atoms with Crippen LogP contribution in [0.3, 0.4) is 0 Å². The summed E-state index contributed by atoms with van der Waals surface area (Å²) in [7, 11) is -4.23. The van der Waals surface area contributed by atoms with Crippen LogP contribution >= 0.6 is 0 Å². The molecular formula is C16H22F2N3O3S+. The number of sulfonamides is 1. The van der Waals surface area contributed by atoms with Crippen LogP contribution in [-0.4, -0.2) is 56.9 Å². The molecule has 1 heterocycles. The van der Waals surface area contributed by atoms with Crippen molar-refractivity contribution in [3.05, 3.63) is 29.8 Å². The van der Waals surface area contributed by atoms with Crippen molar-refractivity contribution in [3.63, 3.8) is 0 Å². The highest BCUT2D eigenvalue weighted by molar-refractivity contribution is 7.89. The number of nitrogens with zero attached hydrogens (tertiary/aromatic N) is 1. The monoisotopic (exact) mass is 374 g/mol. The summed E-state index contributed by atoms with van der Waals surface area (Å²) in [6.07, 6.45) is 2.02. The number of hydrogen-bond donors (Lipinski definition) is 2. The molecule has 0 bridgehead atoms. The number of rotatable bonds is 5. The van der Waals surface area contributed by atoms with E-state index >= 15 is 0 Å². The smallest absolute Gasteiger partial charge is 0.278 e. The molecule has 1 atom stereocenters. The molecule has 1 saturated heterocycles. The number of piperazine rings is 1. The lowest BCUT2D eigenvalue weighted by atomic mass is 10.2. The van der Waals surface area contributed by atoms with Gasteiger partial charge in [-0.05, 0) is 31.9 Å². The molecule has 9 heteroatoms. The van der Waals surface area contributed by atoms with Crippen LogP contribution < -0.4 is 10.2 Å². The molecule has 0 radical (unpaired) electrons. The van der Waals surface area contributed by atoms with Crippen molar-refractivity contribution in [2.24, 2.45) is 0 Å². The minimum atomic E-state index is -4.23. The molecule has 2 aliphatic rings. The predicted molar refractivity (Wildman–Crippen MR) is 86.4 cm³/mol. The Morgan fingerprint density at radius 2 is 1.80 bits per heavy atom. The second-order valence-electron chi connectivity index (χ2n) is 6.62. The Labute approximate surface area is 145 Å². The summed E-state index contributed by atoms with van der Waals surface area (Å²) in [4.78, 5) is 12.2.